The van der Waals surface area contributed by atoms with Gasteiger partial charge in [0.2, 0.25) is 0 Å². The zero-order chi connectivity index (χ0) is 10.8. The van der Waals surface area contributed by atoms with Gasteiger partial charge in [-0.2, -0.15) is 0 Å². The molecule has 0 aliphatic rings. The van der Waals surface area contributed by atoms with Gasteiger partial charge in [-0.15, -0.1) is 0 Å². The lowest BCUT2D eigenvalue weighted by Gasteiger charge is -2.02. The Kier molecular flexibility index (Phi) is 2.37. The molecule has 0 fully saturated rings. The Morgan fingerprint density at radius 2 is 2.33 bits per heavy atom. The van der Waals surface area contributed by atoms with Crippen molar-refractivity contribution in [2.24, 2.45) is 0 Å². The fourth-order valence-corrected chi connectivity index (χ4v) is 1.47. The van der Waals surface area contributed by atoms with Gasteiger partial charge in [0.25, 0.3) is 0 Å². The number of imidazole rings is 1. The second kappa shape index (κ2) is 3.68. The van der Waals surface area contributed by atoms with E-state index in [1.165, 1.54) is 0 Å². The van der Waals surface area contributed by atoms with Crippen LogP contribution in [0.25, 0.3) is 0 Å². The standard InChI is InChI=1S/C10H11N3O2/c1-7-9(8(2)15-12-7)5-13-4-3-11-10(13)6-14/h3-4,6H,5H2,1-2H3. The van der Waals surface area contributed by atoms with Gasteiger partial charge >= 0.3 is 0 Å². The van der Waals surface area contributed by atoms with E-state index >= 15 is 0 Å². The van der Waals surface area contributed by atoms with Crippen molar-refractivity contribution in [1.29, 1.82) is 0 Å². The van der Waals surface area contributed by atoms with Gasteiger partial charge in [0.1, 0.15) is 5.76 Å². The van der Waals surface area contributed by atoms with Crippen LogP contribution in [0.3, 0.4) is 0 Å². The molecule has 0 saturated heterocycles. The van der Waals surface area contributed by atoms with E-state index in [1.54, 1.807) is 17.0 Å². The van der Waals surface area contributed by atoms with E-state index in [4.69, 9.17) is 4.52 Å². The molecular weight excluding hydrogens is 194 g/mol. The number of hydrogen-bond donors (Lipinski definition) is 0. The maximum atomic E-state index is 10.7. The molecule has 5 heteroatoms. The fourth-order valence-electron chi connectivity index (χ4n) is 1.47. The van der Waals surface area contributed by atoms with Gasteiger partial charge in [-0.1, -0.05) is 5.16 Å². The van der Waals surface area contributed by atoms with Gasteiger partial charge in [-0.25, -0.2) is 4.98 Å². The van der Waals surface area contributed by atoms with E-state index in [-0.39, 0.29) is 0 Å². The van der Waals surface area contributed by atoms with Crippen molar-refractivity contribution in [2.45, 2.75) is 20.4 Å². The van der Waals surface area contributed by atoms with E-state index < -0.39 is 0 Å². The molecule has 0 amide bonds. The highest BCUT2D eigenvalue weighted by Gasteiger charge is 2.11. The first-order valence-electron chi connectivity index (χ1n) is 4.60. The van der Waals surface area contributed by atoms with Gasteiger partial charge in [-0.05, 0) is 13.8 Å². The molecule has 0 atom stereocenters. The van der Waals surface area contributed by atoms with Crippen molar-refractivity contribution in [1.82, 2.24) is 14.7 Å². The third kappa shape index (κ3) is 1.68. The molecule has 78 valence electrons. The quantitative estimate of drug-likeness (QED) is 0.709. The van der Waals surface area contributed by atoms with Crippen LogP contribution in [-0.4, -0.2) is 21.0 Å². The second-order valence-electron chi connectivity index (χ2n) is 3.33. The molecule has 0 radical (unpaired) electrons. The lowest BCUT2D eigenvalue weighted by Crippen LogP contribution is -2.04. The molecule has 0 saturated carbocycles. The molecule has 0 aliphatic carbocycles. The van der Waals surface area contributed by atoms with Crippen LogP contribution in [0.2, 0.25) is 0 Å². The van der Waals surface area contributed by atoms with Crippen molar-refractivity contribution in [3.63, 3.8) is 0 Å². The zero-order valence-electron chi connectivity index (χ0n) is 8.60. The van der Waals surface area contributed by atoms with Crippen LogP contribution in [-0.2, 0) is 6.54 Å². The molecular formula is C10H11N3O2. The summed E-state index contributed by atoms with van der Waals surface area (Å²) in [5.74, 6) is 1.19. The second-order valence-corrected chi connectivity index (χ2v) is 3.33. The number of carbonyl (C=O) groups excluding carboxylic acids is 1. The van der Waals surface area contributed by atoms with Crippen molar-refractivity contribution >= 4 is 6.29 Å². The molecule has 2 heterocycles. The summed E-state index contributed by atoms with van der Waals surface area (Å²) < 4.78 is 6.81. The van der Waals surface area contributed by atoms with Crippen molar-refractivity contribution in [3.05, 3.63) is 35.2 Å². The van der Waals surface area contributed by atoms with Crippen LogP contribution in [0.5, 0.6) is 0 Å². The van der Waals surface area contributed by atoms with Crippen LogP contribution in [0, 0.1) is 13.8 Å². The normalized spacial score (nSPS) is 10.5. The Morgan fingerprint density at radius 3 is 2.93 bits per heavy atom. The smallest absolute Gasteiger partial charge is 0.185 e. The monoisotopic (exact) mass is 205 g/mol. The maximum Gasteiger partial charge on any atom is 0.185 e. The minimum atomic E-state index is 0.412. The lowest BCUT2D eigenvalue weighted by molar-refractivity contribution is 0.111. The maximum absolute atomic E-state index is 10.7. The number of aryl methyl sites for hydroxylation is 2. The molecule has 5 nitrogen and oxygen atoms in total. The first-order chi connectivity index (χ1) is 7.22. The van der Waals surface area contributed by atoms with Crippen molar-refractivity contribution < 1.29 is 9.32 Å². The Hall–Kier alpha value is -1.91. The first kappa shape index (κ1) is 9.64. The van der Waals surface area contributed by atoms with E-state index in [1.807, 2.05) is 13.8 Å². The molecule has 0 N–H and O–H groups in total. The largest absolute Gasteiger partial charge is 0.361 e. The van der Waals surface area contributed by atoms with Gasteiger partial charge in [0.15, 0.2) is 12.1 Å². The Balaban J connectivity index is 2.33. The molecule has 0 bridgehead atoms. The summed E-state index contributed by atoms with van der Waals surface area (Å²) in [5.41, 5.74) is 1.84. The summed E-state index contributed by atoms with van der Waals surface area (Å²) in [4.78, 5) is 14.6. The van der Waals surface area contributed by atoms with E-state index in [2.05, 4.69) is 10.1 Å². The number of aromatic nitrogens is 3. The molecule has 2 rings (SSSR count). The van der Waals surface area contributed by atoms with E-state index in [9.17, 15) is 4.79 Å². The summed E-state index contributed by atoms with van der Waals surface area (Å²) >= 11 is 0. The van der Waals surface area contributed by atoms with Crippen LogP contribution >= 0.6 is 0 Å². The summed E-state index contributed by atoms with van der Waals surface area (Å²) in [6.45, 7) is 4.30. The van der Waals surface area contributed by atoms with Crippen LogP contribution < -0.4 is 0 Å². The fraction of sp³-hybridized carbons (Fsp3) is 0.300. The van der Waals surface area contributed by atoms with Crippen LogP contribution in [0.4, 0.5) is 0 Å². The van der Waals surface area contributed by atoms with Crippen molar-refractivity contribution in [3.8, 4) is 0 Å². The number of carbonyl (C=O) groups is 1. The van der Waals surface area contributed by atoms with Crippen LogP contribution in [0.1, 0.15) is 27.6 Å². The highest BCUT2D eigenvalue weighted by atomic mass is 16.5. The molecule has 15 heavy (non-hydrogen) atoms. The number of hydrogen-bond acceptors (Lipinski definition) is 4. The van der Waals surface area contributed by atoms with Crippen molar-refractivity contribution in [2.75, 3.05) is 0 Å². The van der Waals surface area contributed by atoms with Crippen LogP contribution in [0.15, 0.2) is 16.9 Å². The van der Waals surface area contributed by atoms with Gasteiger partial charge in [0, 0.05) is 18.0 Å². The summed E-state index contributed by atoms with van der Waals surface area (Å²) in [6, 6.07) is 0. The third-order valence-electron chi connectivity index (χ3n) is 2.36. The highest BCUT2D eigenvalue weighted by Crippen LogP contribution is 2.14. The average molecular weight is 205 g/mol. The Bertz CT molecular complexity index is 465. The van der Waals surface area contributed by atoms with E-state index in [0.29, 0.717) is 12.4 Å². The van der Waals surface area contributed by atoms with Gasteiger partial charge in [-0.3, -0.25) is 4.79 Å². The lowest BCUT2D eigenvalue weighted by atomic mass is 10.2. The molecule has 0 unspecified atom stereocenters. The third-order valence-corrected chi connectivity index (χ3v) is 2.36. The number of rotatable bonds is 3. The zero-order valence-corrected chi connectivity index (χ0v) is 8.60. The van der Waals surface area contributed by atoms with Gasteiger partial charge < -0.3 is 9.09 Å². The van der Waals surface area contributed by atoms with E-state index in [0.717, 1.165) is 23.3 Å². The summed E-state index contributed by atoms with van der Waals surface area (Å²) in [7, 11) is 0. The Labute approximate surface area is 86.7 Å². The first-order valence-corrected chi connectivity index (χ1v) is 4.60. The predicted molar refractivity (Wildman–Crippen MR) is 52.7 cm³/mol. The SMILES string of the molecule is Cc1noc(C)c1Cn1ccnc1C=O. The topological polar surface area (TPSA) is 60.9 Å². The Morgan fingerprint density at radius 1 is 1.53 bits per heavy atom. The van der Waals surface area contributed by atoms with Gasteiger partial charge in [0.05, 0.1) is 12.2 Å². The summed E-state index contributed by atoms with van der Waals surface area (Å²) in [5, 5.41) is 3.86. The molecule has 2 aromatic rings. The predicted octanol–water partition coefficient (Wildman–Crippen LogP) is 1.35. The molecule has 0 aliphatic heterocycles. The molecule has 0 spiro atoms. The highest BCUT2D eigenvalue weighted by molar-refractivity contribution is 5.69. The average Bonchev–Trinajstić information content (AvgIpc) is 2.79. The number of aldehydes is 1. The molecule has 0 aromatic carbocycles. The minimum absolute atomic E-state index is 0.412. The molecule has 2 aromatic heterocycles. The summed E-state index contributed by atoms with van der Waals surface area (Å²) in [6.07, 6.45) is 4.09. The minimum Gasteiger partial charge on any atom is -0.361 e. The number of nitrogens with zero attached hydrogens (tertiary/aromatic N) is 3.